The van der Waals surface area contributed by atoms with Crippen LogP contribution in [0.25, 0.3) is 0 Å². The maximum absolute atomic E-state index is 5.73. The molecule has 3 heteroatoms. The highest BCUT2D eigenvalue weighted by atomic mass is 16.5. The number of hydrogen-bond acceptors (Lipinski definition) is 3. The fourth-order valence-electron chi connectivity index (χ4n) is 1.67. The van der Waals surface area contributed by atoms with E-state index in [1.165, 1.54) is 12.8 Å². The number of nitrogens with two attached hydrogens (primary N) is 1. The molecule has 0 aliphatic carbocycles. The van der Waals surface area contributed by atoms with Gasteiger partial charge in [-0.1, -0.05) is 0 Å². The Morgan fingerprint density at radius 2 is 2.23 bits per heavy atom. The lowest BCUT2D eigenvalue weighted by Crippen LogP contribution is -2.54. The van der Waals surface area contributed by atoms with E-state index in [9.17, 15) is 0 Å². The van der Waals surface area contributed by atoms with Crippen molar-refractivity contribution in [3.05, 3.63) is 0 Å². The van der Waals surface area contributed by atoms with Crippen LogP contribution in [-0.2, 0) is 4.74 Å². The van der Waals surface area contributed by atoms with Gasteiger partial charge in [-0.2, -0.15) is 0 Å². The van der Waals surface area contributed by atoms with Crippen molar-refractivity contribution < 1.29 is 4.74 Å². The third-order valence-corrected chi connectivity index (χ3v) is 3.14. The second-order valence-corrected chi connectivity index (χ2v) is 4.50. The highest BCUT2D eigenvalue weighted by molar-refractivity contribution is 4.86. The van der Waals surface area contributed by atoms with E-state index in [2.05, 4.69) is 25.8 Å². The molecule has 1 unspecified atom stereocenters. The fraction of sp³-hybridized carbons (Fsp3) is 1.00. The molecule has 1 aliphatic heterocycles. The summed E-state index contributed by atoms with van der Waals surface area (Å²) < 4.78 is 5.46. The largest absolute Gasteiger partial charge is 0.380 e. The molecule has 0 saturated carbocycles. The third-order valence-electron chi connectivity index (χ3n) is 3.14. The molecule has 1 heterocycles. The second-order valence-electron chi connectivity index (χ2n) is 4.50. The number of hydrogen-bond donors (Lipinski definition) is 1. The van der Waals surface area contributed by atoms with E-state index in [1.807, 2.05) is 0 Å². The van der Waals surface area contributed by atoms with Crippen LogP contribution >= 0.6 is 0 Å². The van der Waals surface area contributed by atoms with Crippen LogP contribution < -0.4 is 5.73 Å². The summed E-state index contributed by atoms with van der Waals surface area (Å²) >= 11 is 0. The van der Waals surface area contributed by atoms with Crippen molar-refractivity contribution in [2.24, 2.45) is 5.73 Å². The molecule has 0 aromatic carbocycles. The van der Waals surface area contributed by atoms with Crippen LogP contribution in [-0.4, -0.2) is 43.3 Å². The zero-order valence-corrected chi connectivity index (χ0v) is 9.05. The summed E-state index contributed by atoms with van der Waals surface area (Å²) in [7, 11) is 2.15. The smallest absolute Gasteiger partial charge is 0.0621 e. The Bertz CT molecular complexity index is 153. The molecule has 0 aromatic heterocycles. The van der Waals surface area contributed by atoms with E-state index in [-0.39, 0.29) is 5.54 Å². The molecule has 0 spiro atoms. The Morgan fingerprint density at radius 1 is 1.54 bits per heavy atom. The van der Waals surface area contributed by atoms with Crippen LogP contribution in [0.5, 0.6) is 0 Å². The molecule has 2 N–H and O–H groups in total. The summed E-state index contributed by atoms with van der Waals surface area (Å²) in [6, 6.07) is 0.548. The number of ether oxygens (including phenoxy) is 1. The van der Waals surface area contributed by atoms with Crippen LogP contribution in [0.4, 0.5) is 0 Å². The minimum Gasteiger partial charge on any atom is -0.380 e. The Balaban J connectivity index is 2.49. The molecule has 1 atom stereocenters. The summed E-state index contributed by atoms with van der Waals surface area (Å²) in [5.41, 5.74) is 5.82. The monoisotopic (exact) mass is 186 g/mol. The SMILES string of the molecule is CN(C1CCCOC1)C(C)(C)CN. The number of likely N-dealkylation sites (N-methyl/N-ethyl adjacent to an activating group) is 1. The maximum Gasteiger partial charge on any atom is 0.0621 e. The highest BCUT2D eigenvalue weighted by Crippen LogP contribution is 2.19. The van der Waals surface area contributed by atoms with Gasteiger partial charge in [0.05, 0.1) is 6.61 Å². The average Bonchev–Trinajstić information content (AvgIpc) is 2.18. The zero-order valence-electron chi connectivity index (χ0n) is 9.05. The van der Waals surface area contributed by atoms with E-state index in [0.717, 1.165) is 13.2 Å². The zero-order chi connectivity index (χ0) is 9.90. The normalized spacial score (nSPS) is 25.2. The molecule has 78 valence electrons. The summed E-state index contributed by atoms with van der Waals surface area (Å²) in [5, 5.41) is 0. The van der Waals surface area contributed by atoms with Crippen molar-refractivity contribution >= 4 is 0 Å². The van der Waals surface area contributed by atoms with Gasteiger partial charge in [0, 0.05) is 24.7 Å². The first kappa shape index (κ1) is 11.0. The Hall–Kier alpha value is -0.120. The Morgan fingerprint density at radius 3 is 2.69 bits per heavy atom. The minimum atomic E-state index is 0.0887. The summed E-state index contributed by atoms with van der Waals surface area (Å²) in [6.07, 6.45) is 2.41. The fourth-order valence-corrected chi connectivity index (χ4v) is 1.67. The maximum atomic E-state index is 5.73. The predicted octanol–water partition coefficient (Wildman–Crippen LogP) is 0.834. The predicted molar refractivity (Wildman–Crippen MR) is 54.7 cm³/mol. The van der Waals surface area contributed by atoms with Gasteiger partial charge >= 0.3 is 0 Å². The quantitative estimate of drug-likeness (QED) is 0.709. The van der Waals surface area contributed by atoms with Crippen LogP contribution in [0, 0.1) is 0 Å². The lowest BCUT2D eigenvalue weighted by Gasteiger charge is -2.41. The molecular formula is C10H22N2O. The van der Waals surface area contributed by atoms with E-state index < -0.39 is 0 Å². The van der Waals surface area contributed by atoms with Gasteiger partial charge in [0.2, 0.25) is 0 Å². The summed E-state index contributed by atoms with van der Waals surface area (Å²) in [4.78, 5) is 2.35. The molecule has 1 rings (SSSR count). The van der Waals surface area contributed by atoms with Crippen molar-refractivity contribution in [1.29, 1.82) is 0 Å². The van der Waals surface area contributed by atoms with Crippen LogP contribution in [0.2, 0.25) is 0 Å². The van der Waals surface area contributed by atoms with Crippen molar-refractivity contribution in [3.8, 4) is 0 Å². The van der Waals surface area contributed by atoms with E-state index >= 15 is 0 Å². The van der Waals surface area contributed by atoms with Gasteiger partial charge in [-0.25, -0.2) is 0 Å². The molecule has 1 saturated heterocycles. The van der Waals surface area contributed by atoms with Crippen LogP contribution in [0.15, 0.2) is 0 Å². The molecule has 3 nitrogen and oxygen atoms in total. The lowest BCUT2D eigenvalue weighted by molar-refractivity contribution is -0.00689. The van der Waals surface area contributed by atoms with E-state index in [0.29, 0.717) is 12.6 Å². The van der Waals surface area contributed by atoms with Crippen LogP contribution in [0.3, 0.4) is 0 Å². The van der Waals surface area contributed by atoms with Gasteiger partial charge in [-0.15, -0.1) is 0 Å². The molecular weight excluding hydrogens is 164 g/mol. The second kappa shape index (κ2) is 4.40. The van der Waals surface area contributed by atoms with Crippen LogP contribution in [0.1, 0.15) is 26.7 Å². The highest BCUT2D eigenvalue weighted by Gasteiger charge is 2.29. The standard InChI is InChI=1S/C10H22N2O/c1-10(2,8-11)12(3)9-5-4-6-13-7-9/h9H,4-8,11H2,1-3H3. The van der Waals surface area contributed by atoms with Crippen molar-refractivity contribution in [1.82, 2.24) is 4.90 Å². The van der Waals surface area contributed by atoms with Crippen molar-refractivity contribution in [3.63, 3.8) is 0 Å². The number of rotatable bonds is 3. The lowest BCUT2D eigenvalue weighted by atomic mass is 9.99. The first-order chi connectivity index (χ1) is 6.08. The molecule has 13 heavy (non-hydrogen) atoms. The molecule has 0 radical (unpaired) electrons. The van der Waals surface area contributed by atoms with E-state index in [1.54, 1.807) is 0 Å². The minimum absolute atomic E-state index is 0.0887. The molecule has 0 amide bonds. The molecule has 1 aliphatic rings. The van der Waals surface area contributed by atoms with E-state index in [4.69, 9.17) is 10.5 Å². The Kier molecular flexibility index (Phi) is 3.71. The van der Waals surface area contributed by atoms with Gasteiger partial charge in [0.1, 0.15) is 0 Å². The summed E-state index contributed by atoms with van der Waals surface area (Å²) in [6.45, 7) is 6.84. The first-order valence-electron chi connectivity index (χ1n) is 5.08. The van der Waals surface area contributed by atoms with Crippen molar-refractivity contribution in [2.75, 3.05) is 26.8 Å². The van der Waals surface area contributed by atoms with Crippen molar-refractivity contribution in [2.45, 2.75) is 38.3 Å². The summed E-state index contributed by atoms with van der Waals surface area (Å²) in [5.74, 6) is 0. The third kappa shape index (κ3) is 2.66. The topological polar surface area (TPSA) is 38.5 Å². The molecule has 0 aromatic rings. The Labute approximate surface area is 81.2 Å². The van der Waals surface area contributed by atoms with Gasteiger partial charge in [0.15, 0.2) is 0 Å². The van der Waals surface area contributed by atoms with Gasteiger partial charge in [0.25, 0.3) is 0 Å². The van der Waals surface area contributed by atoms with Gasteiger partial charge in [-0.3, -0.25) is 4.90 Å². The van der Waals surface area contributed by atoms with Gasteiger partial charge in [-0.05, 0) is 33.7 Å². The molecule has 1 fully saturated rings. The number of nitrogens with zero attached hydrogens (tertiary/aromatic N) is 1. The van der Waals surface area contributed by atoms with Gasteiger partial charge < -0.3 is 10.5 Å². The molecule has 0 bridgehead atoms. The first-order valence-corrected chi connectivity index (χ1v) is 5.08. The average molecular weight is 186 g/mol.